The highest BCUT2D eigenvalue weighted by Crippen LogP contribution is 2.32. The van der Waals surface area contributed by atoms with Crippen molar-refractivity contribution in [2.45, 2.75) is 17.0 Å². The molecule has 0 aliphatic carbocycles. The Hall–Kier alpha value is -3.37. The summed E-state index contributed by atoms with van der Waals surface area (Å²) in [5.41, 5.74) is 1.38. The number of rotatable bonds is 4. The molecule has 0 aromatic heterocycles. The molecule has 182 valence electrons. The molecule has 3 aromatic carbocycles. The van der Waals surface area contributed by atoms with Crippen molar-refractivity contribution in [3.05, 3.63) is 101 Å². The molecule has 11 heteroatoms. The maximum absolute atomic E-state index is 13.0. The van der Waals surface area contributed by atoms with Gasteiger partial charge in [-0.05, 0) is 47.5 Å². The summed E-state index contributed by atoms with van der Waals surface area (Å²) in [5, 5.41) is 14.9. The van der Waals surface area contributed by atoms with Crippen LogP contribution in [0.4, 0.5) is 13.2 Å². The van der Waals surface area contributed by atoms with Gasteiger partial charge in [0.25, 0.3) is 10.0 Å². The Bertz CT molecular complexity index is 1360. The number of sulfonamides is 1. The molecule has 0 radical (unpaired) electrons. The predicted octanol–water partition coefficient (Wildman–Crippen LogP) is 5.42. The van der Waals surface area contributed by atoms with Gasteiger partial charge in [-0.25, -0.2) is 17.7 Å². The van der Waals surface area contributed by atoms with Gasteiger partial charge in [-0.1, -0.05) is 54.1 Å². The maximum atomic E-state index is 13.0. The topological polar surface area (TPSA) is 76.8 Å². The lowest BCUT2D eigenvalue weighted by atomic mass is 9.91. The normalized spacial score (nSPS) is 16.2. The third-order valence-electron chi connectivity index (χ3n) is 5.64. The zero-order valence-electron chi connectivity index (χ0n) is 18.4. The molecule has 1 unspecified atom stereocenters. The van der Waals surface area contributed by atoms with E-state index in [2.05, 4.69) is 5.10 Å². The summed E-state index contributed by atoms with van der Waals surface area (Å²) in [6, 6.07) is 19.7. The number of alkyl halides is 3. The fourth-order valence-electron chi connectivity index (χ4n) is 3.71. The molecule has 0 amide bonds. The molecule has 6 nitrogen and oxygen atoms in total. The van der Waals surface area contributed by atoms with E-state index in [9.17, 15) is 21.6 Å². The van der Waals surface area contributed by atoms with Gasteiger partial charge in [-0.15, -0.1) is 0 Å². The first kappa shape index (κ1) is 24.7. The van der Waals surface area contributed by atoms with Crippen LogP contribution in [0.3, 0.4) is 0 Å². The van der Waals surface area contributed by atoms with Crippen LogP contribution in [0.1, 0.15) is 22.6 Å². The minimum absolute atomic E-state index is 0.202. The SMILES string of the molecule is CN(C(=N)N1CC(c2ccccc2)C(c2ccc(Cl)cc2)=N1)S(=O)(=O)c1ccc(C(F)(F)F)cc1. The van der Waals surface area contributed by atoms with Gasteiger partial charge in [-0.2, -0.15) is 18.3 Å². The minimum Gasteiger partial charge on any atom is -0.267 e. The Morgan fingerprint density at radius 3 is 2.20 bits per heavy atom. The first-order chi connectivity index (χ1) is 16.5. The Balaban J connectivity index is 1.64. The van der Waals surface area contributed by atoms with Crippen molar-refractivity contribution >= 4 is 33.3 Å². The minimum atomic E-state index is -4.59. The summed E-state index contributed by atoms with van der Waals surface area (Å²) in [4.78, 5) is -0.363. The predicted molar refractivity (Wildman–Crippen MR) is 128 cm³/mol. The van der Waals surface area contributed by atoms with Gasteiger partial charge in [-0.3, -0.25) is 5.41 Å². The number of hydrazone groups is 1. The van der Waals surface area contributed by atoms with Crippen molar-refractivity contribution < 1.29 is 21.6 Å². The van der Waals surface area contributed by atoms with Crippen LogP contribution in [-0.2, 0) is 16.2 Å². The van der Waals surface area contributed by atoms with E-state index < -0.39 is 27.7 Å². The number of hydrogen-bond donors (Lipinski definition) is 1. The molecule has 4 rings (SSSR count). The van der Waals surface area contributed by atoms with Crippen LogP contribution in [0.15, 0.2) is 88.9 Å². The lowest BCUT2D eigenvalue weighted by molar-refractivity contribution is -0.137. The molecule has 1 aliphatic rings. The molecule has 1 aliphatic heterocycles. The van der Waals surface area contributed by atoms with Crippen LogP contribution in [0.25, 0.3) is 0 Å². The van der Waals surface area contributed by atoms with Crippen LogP contribution in [0.2, 0.25) is 5.02 Å². The van der Waals surface area contributed by atoms with Gasteiger partial charge < -0.3 is 0 Å². The summed E-state index contributed by atoms with van der Waals surface area (Å²) in [6.07, 6.45) is -4.59. The maximum Gasteiger partial charge on any atom is 0.416 e. The van der Waals surface area contributed by atoms with Gasteiger partial charge >= 0.3 is 6.18 Å². The Kier molecular flexibility index (Phi) is 6.61. The second kappa shape index (κ2) is 9.35. The highest BCUT2D eigenvalue weighted by Gasteiger charge is 2.36. The number of benzene rings is 3. The van der Waals surface area contributed by atoms with Crippen molar-refractivity contribution in [3.63, 3.8) is 0 Å². The summed E-state index contributed by atoms with van der Waals surface area (Å²) >= 11 is 6.02. The van der Waals surface area contributed by atoms with Crippen LogP contribution >= 0.6 is 11.6 Å². The molecule has 0 bridgehead atoms. The number of nitrogens with one attached hydrogen (secondary N) is 1. The molecule has 1 N–H and O–H groups in total. The second-order valence-corrected chi connectivity index (χ2v) is 10.3. The average molecular weight is 521 g/mol. The average Bonchev–Trinajstić information content (AvgIpc) is 3.29. The Morgan fingerprint density at radius 1 is 1.03 bits per heavy atom. The van der Waals surface area contributed by atoms with Gasteiger partial charge in [0.2, 0.25) is 5.96 Å². The van der Waals surface area contributed by atoms with E-state index in [-0.39, 0.29) is 17.4 Å². The molecule has 3 aromatic rings. The lowest BCUT2D eigenvalue weighted by Gasteiger charge is -2.25. The highest BCUT2D eigenvalue weighted by molar-refractivity contribution is 7.89. The molecule has 0 spiro atoms. The smallest absolute Gasteiger partial charge is 0.267 e. The number of halogens is 4. The van der Waals surface area contributed by atoms with E-state index >= 15 is 0 Å². The summed E-state index contributed by atoms with van der Waals surface area (Å²) in [6.45, 7) is 0.202. The molecular weight excluding hydrogens is 501 g/mol. The molecule has 0 saturated heterocycles. The highest BCUT2D eigenvalue weighted by atomic mass is 35.5. The van der Waals surface area contributed by atoms with Crippen LogP contribution < -0.4 is 0 Å². The fraction of sp³-hybridized carbons (Fsp3) is 0.167. The number of guanidine groups is 1. The third-order valence-corrected chi connectivity index (χ3v) is 7.65. The molecule has 0 saturated carbocycles. The molecule has 1 atom stereocenters. The zero-order valence-corrected chi connectivity index (χ0v) is 19.9. The number of hydrogen-bond acceptors (Lipinski definition) is 4. The molecule has 35 heavy (non-hydrogen) atoms. The van der Waals surface area contributed by atoms with Crippen LogP contribution in [-0.4, -0.2) is 43.0 Å². The van der Waals surface area contributed by atoms with Crippen molar-refractivity contribution in [2.75, 3.05) is 13.6 Å². The van der Waals surface area contributed by atoms with Crippen LogP contribution in [0.5, 0.6) is 0 Å². The first-order valence-electron chi connectivity index (χ1n) is 10.4. The van der Waals surface area contributed by atoms with Gasteiger partial charge in [0.1, 0.15) is 0 Å². The first-order valence-corrected chi connectivity index (χ1v) is 12.2. The summed E-state index contributed by atoms with van der Waals surface area (Å²) in [5.74, 6) is -0.685. The van der Waals surface area contributed by atoms with E-state index in [1.165, 1.54) is 12.1 Å². The van der Waals surface area contributed by atoms with E-state index in [1.807, 2.05) is 30.3 Å². The fourth-order valence-corrected chi connectivity index (χ4v) is 4.96. The third kappa shape index (κ3) is 5.03. The molecular formula is C24H20ClF3N4O2S. The Morgan fingerprint density at radius 2 is 1.63 bits per heavy atom. The summed E-state index contributed by atoms with van der Waals surface area (Å²) in [7, 11) is -3.13. The van der Waals surface area contributed by atoms with Crippen LogP contribution in [0, 0.1) is 5.41 Å². The second-order valence-electron chi connectivity index (χ2n) is 7.86. The van der Waals surface area contributed by atoms with Crippen molar-refractivity contribution in [2.24, 2.45) is 5.10 Å². The summed E-state index contributed by atoms with van der Waals surface area (Å²) < 4.78 is 65.4. The van der Waals surface area contributed by atoms with Gasteiger partial charge in [0, 0.05) is 18.0 Å². The van der Waals surface area contributed by atoms with Crippen molar-refractivity contribution in [1.29, 1.82) is 5.41 Å². The monoisotopic (exact) mass is 520 g/mol. The lowest BCUT2D eigenvalue weighted by Crippen LogP contribution is -2.42. The van der Waals surface area contributed by atoms with E-state index in [0.29, 0.717) is 27.2 Å². The van der Waals surface area contributed by atoms with Crippen molar-refractivity contribution in [3.8, 4) is 0 Å². The quantitative estimate of drug-likeness (QED) is 0.369. The zero-order chi connectivity index (χ0) is 25.4. The molecule has 0 fully saturated rings. The van der Waals surface area contributed by atoms with E-state index in [4.69, 9.17) is 17.0 Å². The van der Waals surface area contributed by atoms with Gasteiger partial charge in [0.15, 0.2) is 0 Å². The van der Waals surface area contributed by atoms with E-state index in [1.54, 1.807) is 24.3 Å². The largest absolute Gasteiger partial charge is 0.416 e. The molecule has 1 heterocycles. The van der Waals surface area contributed by atoms with E-state index in [0.717, 1.165) is 23.3 Å². The Labute approximate surface area is 205 Å². The van der Waals surface area contributed by atoms with Gasteiger partial charge in [0.05, 0.1) is 22.7 Å². The standard InChI is InChI=1S/C24H20ClF3N4O2S/c1-31(35(33,34)20-13-9-18(10-14-20)24(26,27)28)23(29)32-15-21(16-5-3-2-4-6-16)22(30-32)17-7-11-19(25)12-8-17/h2-14,21,29H,15H2,1H3. The number of nitrogens with zero attached hydrogens (tertiary/aromatic N) is 3. The van der Waals surface area contributed by atoms with Crippen molar-refractivity contribution in [1.82, 2.24) is 9.31 Å².